The van der Waals surface area contributed by atoms with Gasteiger partial charge in [-0.3, -0.25) is 0 Å². The fraction of sp³-hybridized carbons (Fsp3) is 0.500. The van der Waals surface area contributed by atoms with Crippen LogP contribution in [0, 0.1) is 18.8 Å². The zero-order chi connectivity index (χ0) is 16.9. The number of rotatable bonds is 4. The average Bonchev–Trinajstić information content (AvgIpc) is 2.73. The van der Waals surface area contributed by atoms with Gasteiger partial charge in [0.05, 0.1) is 18.8 Å². The highest BCUT2D eigenvalue weighted by Gasteiger charge is 2.25. The van der Waals surface area contributed by atoms with E-state index in [-0.39, 0.29) is 30.2 Å². The Labute approximate surface area is 129 Å². The second kappa shape index (κ2) is 7.14. The van der Waals surface area contributed by atoms with E-state index in [2.05, 4.69) is 16.8 Å². The zero-order valence-electron chi connectivity index (χ0n) is 13.5. The quantitative estimate of drug-likeness (QED) is 0.654. The van der Waals surface area contributed by atoms with Crippen molar-refractivity contribution in [3.63, 3.8) is 0 Å². The van der Waals surface area contributed by atoms with Gasteiger partial charge in [-0.15, -0.1) is 0 Å². The molecule has 120 valence electrons. The van der Waals surface area contributed by atoms with Crippen LogP contribution < -0.4 is 0 Å². The van der Waals surface area contributed by atoms with E-state index in [1.54, 1.807) is 20.8 Å². The predicted molar refractivity (Wildman–Crippen MR) is 80.6 cm³/mol. The molecule has 0 aliphatic rings. The van der Waals surface area contributed by atoms with E-state index in [1.165, 1.54) is 13.8 Å². The Morgan fingerprint density at radius 1 is 1.18 bits per heavy atom. The minimum atomic E-state index is -1.23. The van der Waals surface area contributed by atoms with Crippen molar-refractivity contribution < 1.29 is 24.2 Å². The van der Waals surface area contributed by atoms with Gasteiger partial charge in [-0.1, -0.05) is 5.92 Å². The van der Waals surface area contributed by atoms with Gasteiger partial charge in [-0.2, -0.15) is 0 Å². The maximum absolute atomic E-state index is 12.1. The Hall–Kier alpha value is -2.26. The number of ether oxygens (including phenoxy) is 2. The van der Waals surface area contributed by atoms with Crippen LogP contribution in [0.5, 0.6) is 0 Å². The maximum Gasteiger partial charge on any atom is 0.355 e. The number of esters is 2. The fourth-order valence-corrected chi connectivity index (χ4v) is 1.77. The third kappa shape index (κ3) is 4.37. The van der Waals surface area contributed by atoms with Crippen LogP contribution in [-0.4, -0.2) is 40.8 Å². The van der Waals surface area contributed by atoms with Crippen molar-refractivity contribution in [3.05, 3.63) is 22.5 Å². The van der Waals surface area contributed by atoms with Gasteiger partial charge in [0.15, 0.2) is 0 Å². The Bertz CT molecular complexity index is 625. The molecule has 22 heavy (non-hydrogen) atoms. The Kier molecular flexibility index (Phi) is 5.77. The largest absolute Gasteiger partial charge is 0.462 e. The number of hydrogen-bond acceptors (Lipinski definition) is 5. The normalized spacial score (nSPS) is 10.6. The lowest BCUT2D eigenvalue weighted by Crippen LogP contribution is -2.15. The predicted octanol–water partition coefficient (Wildman–Crippen LogP) is 1.80. The summed E-state index contributed by atoms with van der Waals surface area (Å²) in [6.07, 6.45) is 0. The summed E-state index contributed by atoms with van der Waals surface area (Å²) in [5, 5.41) is 9.69. The van der Waals surface area contributed by atoms with Crippen LogP contribution in [0.4, 0.5) is 0 Å². The number of hydrogen-bond donors (Lipinski definition) is 2. The van der Waals surface area contributed by atoms with Crippen molar-refractivity contribution in [2.45, 2.75) is 40.2 Å². The molecule has 0 fully saturated rings. The minimum Gasteiger partial charge on any atom is -0.462 e. The topological polar surface area (TPSA) is 88.6 Å². The number of aromatic amines is 1. The van der Waals surface area contributed by atoms with Crippen LogP contribution in [0.1, 0.15) is 59.8 Å². The molecular formula is C16H21NO5. The molecule has 0 spiro atoms. The van der Waals surface area contributed by atoms with Gasteiger partial charge in [0, 0.05) is 0 Å². The molecule has 1 aromatic rings. The number of aliphatic hydroxyl groups is 1. The van der Waals surface area contributed by atoms with Crippen LogP contribution in [0.2, 0.25) is 0 Å². The maximum atomic E-state index is 12.1. The minimum absolute atomic E-state index is 0.157. The lowest BCUT2D eigenvalue weighted by Gasteiger charge is -2.06. The molecule has 6 heteroatoms. The lowest BCUT2D eigenvalue weighted by molar-refractivity contribution is 0.0518. The van der Waals surface area contributed by atoms with Gasteiger partial charge >= 0.3 is 11.9 Å². The number of H-pyrrole nitrogens is 1. The van der Waals surface area contributed by atoms with Gasteiger partial charge in [-0.05, 0) is 46.1 Å². The van der Waals surface area contributed by atoms with Gasteiger partial charge in [0.1, 0.15) is 17.0 Å². The summed E-state index contributed by atoms with van der Waals surface area (Å²) >= 11 is 0. The number of nitrogens with one attached hydrogen (secondary N) is 1. The molecule has 0 saturated heterocycles. The molecule has 0 aliphatic heterocycles. The molecule has 1 heterocycles. The fourth-order valence-electron chi connectivity index (χ4n) is 1.77. The van der Waals surface area contributed by atoms with E-state index in [1.807, 2.05) is 0 Å². The van der Waals surface area contributed by atoms with Crippen LogP contribution in [0.25, 0.3) is 0 Å². The molecule has 0 radical (unpaired) electrons. The standard InChI is InChI=1S/C16H21NO5/c1-6-21-14(18)12-10(3)13(15(19)22-7-2)17-11(12)8-9-16(4,5)20/h17,20H,6-7H2,1-5H3. The van der Waals surface area contributed by atoms with Crippen molar-refractivity contribution in [2.24, 2.45) is 0 Å². The van der Waals surface area contributed by atoms with Gasteiger partial charge in [-0.25, -0.2) is 9.59 Å². The number of carbonyl (C=O) groups is 2. The van der Waals surface area contributed by atoms with Crippen molar-refractivity contribution in [3.8, 4) is 11.8 Å². The highest BCUT2D eigenvalue weighted by molar-refractivity contribution is 5.99. The Balaban J connectivity index is 3.39. The molecule has 1 aromatic heterocycles. The summed E-state index contributed by atoms with van der Waals surface area (Å²) in [4.78, 5) is 26.8. The van der Waals surface area contributed by atoms with E-state index < -0.39 is 17.5 Å². The molecule has 0 atom stereocenters. The van der Waals surface area contributed by atoms with E-state index in [4.69, 9.17) is 9.47 Å². The number of aromatic nitrogens is 1. The van der Waals surface area contributed by atoms with Crippen molar-refractivity contribution in [2.75, 3.05) is 13.2 Å². The Morgan fingerprint density at radius 2 is 1.73 bits per heavy atom. The molecule has 1 rings (SSSR count). The molecule has 6 nitrogen and oxygen atoms in total. The highest BCUT2D eigenvalue weighted by Crippen LogP contribution is 2.20. The first-order valence-corrected chi connectivity index (χ1v) is 7.03. The molecule has 0 aliphatic carbocycles. The summed E-state index contributed by atoms with van der Waals surface area (Å²) in [7, 11) is 0. The van der Waals surface area contributed by atoms with Gasteiger partial charge in [0.2, 0.25) is 0 Å². The van der Waals surface area contributed by atoms with E-state index in [9.17, 15) is 14.7 Å². The van der Waals surface area contributed by atoms with Crippen molar-refractivity contribution >= 4 is 11.9 Å². The Morgan fingerprint density at radius 3 is 2.23 bits per heavy atom. The lowest BCUT2D eigenvalue weighted by atomic mass is 10.1. The second-order valence-corrected chi connectivity index (χ2v) is 5.12. The second-order valence-electron chi connectivity index (χ2n) is 5.12. The van der Waals surface area contributed by atoms with E-state index >= 15 is 0 Å². The zero-order valence-corrected chi connectivity index (χ0v) is 13.5. The average molecular weight is 307 g/mol. The molecule has 0 amide bonds. The van der Waals surface area contributed by atoms with Crippen LogP contribution in [0.15, 0.2) is 0 Å². The first-order chi connectivity index (χ1) is 10.2. The third-order valence-corrected chi connectivity index (χ3v) is 2.70. The monoisotopic (exact) mass is 307 g/mol. The van der Waals surface area contributed by atoms with Crippen LogP contribution in [0.3, 0.4) is 0 Å². The first kappa shape index (κ1) is 17.8. The van der Waals surface area contributed by atoms with Gasteiger partial charge < -0.3 is 19.6 Å². The molecular weight excluding hydrogens is 286 g/mol. The number of carbonyl (C=O) groups excluding carboxylic acids is 2. The van der Waals surface area contributed by atoms with Crippen LogP contribution >= 0.6 is 0 Å². The summed E-state index contributed by atoms with van der Waals surface area (Å²) in [6.45, 7) is 8.46. The third-order valence-electron chi connectivity index (χ3n) is 2.70. The summed E-state index contributed by atoms with van der Waals surface area (Å²) in [5.74, 6) is 4.14. The SMILES string of the molecule is CCOC(=O)c1[nH]c(C#CC(C)(C)O)c(C(=O)OCC)c1C. The molecule has 0 aromatic carbocycles. The van der Waals surface area contributed by atoms with Crippen molar-refractivity contribution in [1.29, 1.82) is 0 Å². The summed E-state index contributed by atoms with van der Waals surface area (Å²) < 4.78 is 9.94. The van der Waals surface area contributed by atoms with E-state index in [0.717, 1.165) is 0 Å². The summed E-state index contributed by atoms with van der Waals surface area (Å²) in [6, 6.07) is 0. The highest BCUT2D eigenvalue weighted by atomic mass is 16.5. The molecule has 0 bridgehead atoms. The van der Waals surface area contributed by atoms with E-state index in [0.29, 0.717) is 5.56 Å². The van der Waals surface area contributed by atoms with Crippen molar-refractivity contribution in [1.82, 2.24) is 4.98 Å². The first-order valence-electron chi connectivity index (χ1n) is 7.03. The van der Waals surface area contributed by atoms with Gasteiger partial charge in [0.25, 0.3) is 0 Å². The molecule has 0 unspecified atom stereocenters. The van der Waals surface area contributed by atoms with Crippen LogP contribution in [-0.2, 0) is 9.47 Å². The molecule has 0 saturated carbocycles. The summed E-state index contributed by atoms with van der Waals surface area (Å²) in [5.41, 5.74) is -0.251. The molecule has 2 N–H and O–H groups in total. The smallest absolute Gasteiger partial charge is 0.355 e.